The maximum absolute atomic E-state index is 12.0. The Balaban J connectivity index is 1.71. The van der Waals surface area contributed by atoms with Gasteiger partial charge < -0.3 is 19.0 Å². The summed E-state index contributed by atoms with van der Waals surface area (Å²) in [5.74, 6) is 1.42. The molecule has 8 heteroatoms. The van der Waals surface area contributed by atoms with Gasteiger partial charge in [0.25, 0.3) is 10.0 Å². The molecule has 2 heterocycles. The number of fused-ring (bicyclic) bond motifs is 1. The summed E-state index contributed by atoms with van der Waals surface area (Å²) in [4.78, 5) is 0. The van der Waals surface area contributed by atoms with Crippen LogP contribution in [0.5, 0.6) is 11.5 Å². The van der Waals surface area contributed by atoms with E-state index in [0.29, 0.717) is 11.5 Å². The van der Waals surface area contributed by atoms with Crippen LogP contribution in [0.1, 0.15) is 11.3 Å². The SMILES string of the molecule is O=S(=O)(NCc1ccc2c(c1)OCO2)c1ccc(CO)o1. The molecule has 2 aromatic rings. The first kappa shape index (κ1) is 13.9. The van der Waals surface area contributed by atoms with Crippen LogP contribution in [0.4, 0.5) is 0 Å². The number of ether oxygens (including phenoxy) is 2. The van der Waals surface area contributed by atoms with E-state index in [2.05, 4.69) is 4.72 Å². The number of hydrogen-bond acceptors (Lipinski definition) is 6. The van der Waals surface area contributed by atoms with Gasteiger partial charge in [-0.15, -0.1) is 0 Å². The fraction of sp³-hybridized carbons (Fsp3) is 0.231. The van der Waals surface area contributed by atoms with Crippen molar-refractivity contribution in [1.82, 2.24) is 4.72 Å². The van der Waals surface area contributed by atoms with E-state index in [9.17, 15) is 8.42 Å². The second kappa shape index (κ2) is 5.40. The van der Waals surface area contributed by atoms with Gasteiger partial charge in [0.2, 0.25) is 11.9 Å². The Labute approximate surface area is 121 Å². The Morgan fingerprint density at radius 1 is 1.14 bits per heavy atom. The van der Waals surface area contributed by atoms with Gasteiger partial charge >= 0.3 is 0 Å². The molecule has 1 aromatic carbocycles. The Bertz CT molecular complexity index is 752. The molecule has 0 saturated heterocycles. The number of sulfonamides is 1. The topological polar surface area (TPSA) is 98.0 Å². The molecule has 1 aromatic heterocycles. The monoisotopic (exact) mass is 311 g/mol. The largest absolute Gasteiger partial charge is 0.454 e. The Hall–Kier alpha value is -2.03. The van der Waals surface area contributed by atoms with Crippen molar-refractivity contribution < 1.29 is 27.4 Å². The Kier molecular flexibility index (Phi) is 3.58. The van der Waals surface area contributed by atoms with Gasteiger partial charge in [-0.25, -0.2) is 13.1 Å². The standard InChI is InChI=1S/C13H13NO6S/c15-7-10-2-4-13(20-10)21(16,17)14-6-9-1-3-11-12(5-9)19-8-18-11/h1-5,14-15H,6-8H2. The predicted octanol–water partition coefficient (Wildman–Crippen LogP) is 0.979. The van der Waals surface area contributed by atoms with Crippen molar-refractivity contribution >= 4 is 10.0 Å². The van der Waals surface area contributed by atoms with Crippen LogP contribution in [0.15, 0.2) is 39.8 Å². The Morgan fingerprint density at radius 2 is 1.95 bits per heavy atom. The molecule has 1 aliphatic heterocycles. The molecule has 0 radical (unpaired) electrons. The van der Waals surface area contributed by atoms with Gasteiger partial charge in [0.15, 0.2) is 11.5 Å². The first-order chi connectivity index (χ1) is 10.1. The second-order valence-corrected chi connectivity index (χ2v) is 6.09. The molecule has 0 bridgehead atoms. The van der Waals surface area contributed by atoms with Crippen molar-refractivity contribution in [2.75, 3.05) is 6.79 Å². The first-order valence-electron chi connectivity index (χ1n) is 6.16. The normalized spacial score (nSPS) is 13.6. The van der Waals surface area contributed by atoms with Gasteiger partial charge in [0.1, 0.15) is 12.4 Å². The van der Waals surface area contributed by atoms with E-state index in [0.717, 1.165) is 5.56 Å². The van der Waals surface area contributed by atoms with Crippen molar-refractivity contribution in [3.05, 3.63) is 41.7 Å². The molecule has 0 spiro atoms. The van der Waals surface area contributed by atoms with Crippen LogP contribution in [0, 0.1) is 0 Å². The summed E-state index contributed by atoms with van der Waals surface area (Å²) in [5, 5.41) is 8.65. The molecule has 21 heavy (non-hydrogen) atoms. The van der Waals surface area contributed by atoms with E-state index in [-0.39, 0.29) is 30.8 Å². The van der Waals surface area contributed by atoms with Crippen molar-refractivity contribution in [3.63, 3.8) is 0 Å². The summed E-state index contributed by atoms with van der Waals surface area (Å²) < 4.78 is 41.9. The average Bonchev–Trinajstić information content (AvgIpc) is 3.13. The van der Waals surface area contributed by atoms with Crippen LogP contribution in [-0.2, 0) is 23.2 Å². The van der Waals surface area contributed by atoms with E-state index >= 15 is 0 Å². The van der Waals surface area contributed by atoms with E-state index < -0.39 is 10.0 Å². The van der Waals surface area contributed by atoms with Crippen LogP contribution >= 0.6 is 0 Å². The minimum atomic E-state index is -3.76. The maximum atomic E-state index is 12.0. The van der Waals surface area contributed by atoms with Crippen molar-refractivity contribution in [1.29, 1.82) is 0 Å². The number of furan rings is 1. The first-order valence-corrected chi connectivity index (χ1v) is 7.64. The molecular formula is C13H13NO6S. The zero-order chi connectivity index (χ0) is 14.9. The summed E-state index contributed by atoms with van der Waals surface area (Å²) >= 11 is 0. The molecule has 1 aliphatic rings. The number of benzene rings is 1. The molecule has 0 fully saturated rings. The number of aliphatic hydroxyl groups excluding tert-OH is 1. The van der Waals surface area contributed by atoms with Gasteiger partial charge in [0.05, 0.1) is 0 Å². The van der Waals surface area contributed by atoms with Crippen molar-refractivity contribution in [2.45, 2.75) is 18.2 Å². The molecule has 2 N–H and O–H groups in total. The third-order valence-corrected chi connectivity index (χ3v) is 4.23. The van der Waals surface area contributed by atoms with E-state index in [4.69, 9.17) is 19.0 Å². The highest BCUT2D eigenvalue weighted by molar-refractivity contribution is 7.89. The molecule has 0 saturated carbocycles. The zero-order valence-corrected chi connectivity index (χ0v) is 11.7. The van der Waals surface area contributed by atoms with E-state index in [1.165, 1.54) is 12.1 Å². The van der Waals surface area contributed by atoms with Crippen molar-refractivity contribution in [2.24, 2.45) is 0 Å². The smallest absolute Gasteiger partial charge is 0.274 e. The lowest BCUT2D eigenvalue weighted by Crippen LogP contribution is -2.22. The molecule has 112 valence electrons. The maximum Gasteiger partial charge on any atom is 0.274 e. The summed E-state index contributed by atoms with van der Waals surface area (Å²) in [7, 11) is -3.76. The summed E-state index contributed by atoms with van der Waals surface area (Å²) in [6, 6.07) is 7.90. The van der Waals surface area contributed by atoms with E-state index in [1.807, 2.05) is 0 Å². The van der Waals surface area contributed by atoms with Gasteiger partial charge in [-0.2, -0.15) is 0 Å². The lowest BCUT2D eigenvalue weighted by atomic mass is 10.2. The summed E-state index contributed by atoms with van der Waals surface area (Å²) in [6.07, 6.45) is 0. The number of hydrogen-bond donors (Lipinski definition) is 2. The minimum absolute atomic E-state index is 0.0914. The van der Waals surface area contributed by atoms with Crippen molar-refractivity contribution in [3.8, 4) is 11.5 Å². The lowest BCUT2D eigenvalue weighted by molar-refractivity contribution is 0.174. The number of nitrogens with one attached hydrogen (secondary N) is 1. The van der Waals surface area contributed by atoms with Gasteiger partial charge in [-0.05, 0) is 29.8 Å². The number of aliphatic hydroxyl groups is 1. The van der Waals surface area contributed by atoms with E-state index in [1.54, 1.807) is 18.2 Å². The van der Waals surface area contributed by atoms with Gasteiger partial charge in [0, 0.05) is 6.54 Å². The molecule has 3 rings (SSSR count). The quantitative estimate of drug-likeness (QED) is 0.854. The molecule has 0 amide bonds. The lowest BCUT2D eigenvalue weighted by Gasteiger charge is -2.05. The van der Waals surface area contributed by atoms with Crippen LogP contribution in [-0.4, -0.2) is 20.3 Å². The molecular weight excluding hydrogens is 298 g/mol. The van der Waals surface area contributed by atoms with Crippen LogP contribution in [0.25, 0.3) is 0 Å². The van der Waals surface area contributed by atoms with Crippen LogP contribution in [0.3, 0.4) is 0 Å². The fourth-order valence-corrected chi connectivity index (χ4v) is 2.85. The van der Waals surface area contributed by atoms with Crippen LogP contribution < -0.4 is 14.2 Å². The Morgan fingerprint density at radius 3 is 2.71 bits per heavy atom. The average molecular weight is 311 g/mol. The van der Waals surface area contributed by atoms with Gasteiger partial charge in [-0.3, -0.25) is 0 Å². The minimum Gasteiger partial charge on any atom is -0.454 e. The summed E-state index contributed by atoms with van der Waals surface area (Å²) in [5.41, 5.74) is 0.733. The molecule has 7 nitrogen and oxygen atoms in total. The predicted molar refractivity (Wildman–Crippen MR) is 71.2 cm³/mol. The van der Waals surface area contributed by atoms with Crippen LogP contribution in [0.2, 0.25) is 0 Å². The zero-order valence-electron chi connectivity index (χ0n) is 10.9. The third kappa shape index (κ3) is 2.87. The molecule has 0 atom stereocenters. The number of rotatable bonds is 5. The molecule has 0 aliphatic carbocycles. The fourth-order valence-electron chi connectivity index (χ4n) is 1.89. The highest BCUT2D eigenvalue weighted by Crippen LogP contribution is 2.32. The van der Waals surface area contributed by atoms with Gasteiger partial charge in [-0.1, -0.05) is 6.07 Å². The third-order valence-electron chi connectivity index (χ3n) is 2.96. The molecule has 0 unspecified atom stereocenters. The second-order valence-electron chi connectivity index (χ2n) is 4.39. The highest BCUT2D eigenvalue weighted by Gasteiger charge is 2.19. The summed E-state index contributed by atoms with van der Waals surface area (Å²) in [6.45, 7) is -0.0906. The highest BCUT2D eigenvalue weighted by atomic mass is 32.2.